The number of fused-ring (bicyclic) bond motifs is 7. The topological polar surface area (TPSA) is 68.9 Å². The van der Waals surface area contributed by atoms with Crippen molar-refractivity contribution in [2.75, 3.05) is 6.54 Å². The normalized spacial score (nSPS) is 21.2. The Hall–Kier alpha value is -8.22. The second kappa shape index (κ2) is 17.9. The Morgan fingerprint density at radius 1 is 0.676 bits per heavy atom. The van der Waals surface area contributed by atoms with Gasteiger partial charge in [0.15, 0.2) is 5.84 Å². The highest BCUT2D eigenvalue weighted by Crippen LogP contribution is 2.51. The molecule has 13 rings (SSSR count). The van der Waals surface area contributed by atoms with E-state index in [0.717, 1.165) is 93.3 Å². The summed E-state index contributed by atoms with van der Waals surface area (Å²) in [6.45, 7) is 5.16. The molecule has 0 spiro atoms. The molecule has 4 atom stereocenters. The lowest BCUT2D eigenvalue weighted by Crippen LogP contribution is -2.44. The van der Waals surface area contributed by atoms with Crippen LogP contribution < -0.4 is 5.32 Å². The lowest BCUT2D eigenvalue weighted by Gasteiger charge is -2.41. The van der Waals surface area contributed by atoms with Gasteiger partial charge < -0.3 is 19.6 Å². The fourth-order valence-corrected chi connectivity index (χ4v) is 11.6. The molecule has 0 saturated carbocycles. The third-order valence-corrected chi connectivity index (χ3v) is 15.2. The minimum Gasteiger partial charge on any atom is -0.680 e. The Labute approximate surface area is 415 Å². The van der Waals surface area contributed by atoms with Crippen LogP contribution in [0.5, 0.6) is 0 Å². The molecule has 0 bridgehead atoms. The van der Waals surface area contributed by atoms with Gasteiger partial charge in [-0.1, -0.05) is 189 Å². The van der Waals surface area contributed by atoms with E-state index in [1.54, 1.807) is 0 Å². The predicted molar refractivity (Wildman–Crippen MR) is 295 cm³/mol. The first-order valence-corrected chi connectivity index (χ1v) is 25.3. The lowest BCUT2D eigenvalue weighted by molar-refractivity contribution is 0.503. The quantitative estimate of drug-likeness (QED) is 0.165. The number of amidine groups is 2. The average molecular weight is 921 g/mol. The molecule has 6 nitrogen and oxygen atoms in total. The summed E-state index contributed by atoms with van der Waals surface area (Å²) in [4.78, 5) is 11.0. The van der Waals surface area contributed by atoms with Gasteiger partial charge in [0.05, 0.1) is 16.4 Å². The third-order valence-electron chi connectivity index (χ3n) is 15.2. The van der Waals surface area contributed by atoms with Gasteiger partial charge in [-0.25, -0.2) is 9.98 Å². The molecule has 4 heterocycles. The largest absolute Gasteiger partial charge is 0.680 e. The highest BCUT2D eigenvalue weighted by atomic mass is 16.3. The van der Waals surface area contributed by atoms with Crippen LogP contribution in [0.25, 0.3) is 60.5 Å². The predicted octanol–water partition coefficient (Wildman–Crippen LogP) is 15.9. The number of hydrogen-bond donors (Lipinski definition) is 1. The molecule has 0 radical (unpaired) electrons. The van der Waals surface area contributed by atoms with Crippen LogP contribution in [0.2, 0.25) is 0 Å². The SMILES string of the molecule is CC1CC=C(C2=C(C3N=C(c4ccccc4)N=C(C4C=CC=CCC4C)N3)C=C(C3=CC(c4ccccc4)=C(c4ccccc4)CC3)C[N-]2)c2c1oc1ccc3c4ccccc4n(-c4ccccc4)c3c21. The first-order valence-electron chi connectivity index (χ1n) is 25.3. The molecule has 2 aliphatic heterocycles. The van der Waals surface area contributed by atoms with Gasteiger partial charge >= 0.3 is 0 Å². The minimum absolute atomic E-state index is 0.0677. The van der Waals surface area contributed by atoms with E-state index in [-0.39, 0.29) is 11.8 Å². The zero-order valence-electron chi connectivity index (χ0n) is 40.1. The number of aromatic nitrogens is 1. The fraction of sp³-hybridized carbons (Fsp3) is 0.169. The van der Waals surface area contributed by atoms with Gasteiger partial charge in [0.2, 0.25) is 0 Å². The number of para-hydroxylation sites is 2. The Bertz CT molecular complexity index is 3690. The van der Waals surface area contributed by atoms with Gasteiger partial charge in [0.25, 0.3) is 0 Å². The zero-order chi connectivity index (χ0) is 47.4. The van der Waals surface area contributed by atoms with E-state index in [2.05, 4.69) is 224 Å². The van der Waals surface area contributed by atoms with Crippen molar-refractivity contribution in [3.63, 3.8) is 0 Å². The fourth-order valence-electron chi connectivity index (χ4n) is 11.6. The maximum atomic E-state index is 7.09. The average Bonchev–Trinajstić information content (AvgIpc) is 3.92. The molecule has 346 valence electrons. The summed E-state index contributed by atoms with van der Waals surface area (Å²) in [7, 11) is 0. The maximum absolute atomic E-state index is 7.09. The van der Waals surface area contributed by atoms with Gasteiger partial charge in [-0.2, -0.15) is 0 Å². The molecule has 3 aliphatic carbocycles. The number of benzene rings is 6. The molecule has 8 aromatic rings. The summed E-state index contributed by atoms with van der Waals surface area (Å²) in [6, 6.07) is 56.2. The second-order valence-corrected chi connectivity index (χ2v) is 19.6. The van der Waals surface area contributed by atoms with Crippen LogP contribution in [-0.2, 0) is 0 Å². The molecule has 5 aliphatic rings. The van der Waals surface area contributed by atoms with Crippen molar-refractivity contribution in [1.82, 2.24) is 9.88 Å². The van der Waals surface area contributed by atoms with Crippen molar-refractivity contribution in [1.29, 1.82) is 0 Å². The molecule has 4 unspecified atom stereocenters. The first-order chi connectivity index (χ1) is 35.1. The molecule has 6 aromatic carbocycles. The van der Waals surface area contributed by atoms with E-state index < -0.39 is 6.17 Å². The lowest BCUT2D eigenvalue weighted by atomic mass is 9.80. The van der Waals surface area contributed by atoms with Crippen molar-refractivity contribution in [2.45, 2.75) is 51.6 Å². The van der Waals surface area contributed by atoms with Gasteiger partial charge in [0.1, 0.15) is 23.3 Å². The van der Waals surface area contributed by atoms with Crippen LogP contribution in [0.15, 0.2) is 237 Å². The number of nitrogens with zero attached hydrogens (tertiary/aromatic N) is 4. The summed E-state index contributed by atoms with van der Waals surface area (Å²) in [5, 5.41) is 13.3. The number of nitrogens with one attached hydrogen (secondary N) is 1. The summed E-state index contributed by atoms with van der Waals surface area (Å²) >= 11 is 0. The number of furan rings is 1. The van der Waals surface area contributed by atoms with E-state index in [1.807, 2.05) is 0 Å². The molecular formula is C65H54N5O-. The molecule has 2 aromatic heterocycles. The monoisotopic (exact) mass is 920 g/mol. The van der Waals surface area contributed by atoms with E-state index in [9.17, 15) is 0 Å². The molecule has 0 amide bonds. The molecule has 0 fully saturated rings. The van der Waals surface area contributed by atoms with Crippen molar-refractivity contribution in [2.24, 2.45) is 21.8 Å². The van der Waals surface area contributed by atoms with Crippen LogP contribution in [-0.4, -0.2) is 28.9 Å². The summed E-state index contributed by atoms with van der Waals surface area (Å²) < 4.78 is 9.52. The Balaban J connectivity index is 1.05. The number of hydrogen-bond acceptors (Lipinski definition) is 4. The van der Waals surface area contributed by atoms with Gasteiger partial charge in [-0.05, 0) is 101 Å². The first kappa shape index (κ1) is 42.8. The summed E-state index contributed by atoms with van der Waals surface area (Å²) in [5.74, 6) is 3.23. The van der Waals surface area contributed by atoms with E-state index in [0.29, 0.717) is 12.5 Å². The van der Waals surface area contributed by atoms with Crippen molar-refractivity contribution in [3.8, 4) is 5.69 Å². The number of rotatable bonds is 8. The minimum atomic E-state index is -0.477. The van der Waals surface area contributed by atoms with E-state index >= 15 is 0 Å². The Kier molecular flexibility index (Phi) is 10.8. The highest BCUT2D eigenvalue weighted by Gasteiger charge is 2.34. The van der Waals surface area contributed by atoms with Crippen LogP contribution >= 0.6 is 0 Å². The third kappa shape index (κ3) is 7.57. The van der Waals surface area contributed by atoms with Gasteiger partial charge in [-0.15, -0.1) is 12.2 Å². The molecule has 71 heavy (non-hydrogen) atoms. The van der Waals surface area contributed by atoms with Crippen LogP contribution in [0, 0.1) is 11.8 Å². The van der Waals surface area contributed by atoms with Gasteiger partial charge in [-0.3, -0.25) is 0 Å². The molecule has 6 heteroatoms. The number of aliphatic imine (C=N–C) groups is 2. The zero-order valence-corrected chi connectivity index (χ0v) is 40.1. The van der Waals surface area contributed by atoms with E-state index in [1.165, 1.54) is 49.7 Å². The van der Waals surface area contributed by atoms with Crippen LogP contribution in [0.4, 0.5) is 0 Å². The summed E-state index contributed by atoms with van der Waals surface area (Å²) in [5.41, 5.74) is 17.2. The maximum Gasteiger partial charge on any atom is 0.159 e. The standard InChI is InChI=1S/C65H54N5O/c1-41-20-8-3-17-29-49(41)64-67-63(45-25-13-6-14-26-45)68-65(69-64)55-39-47(46-33-35-50(43-21-9-4-10-22-43)54(38-46)44-23-11-5-12-24-44)40-66-60(55)53-34-32-42(2)62-58(53)59-57(71-62)37-36-52-51-30-18-19-31-56(51)70(61(52)59)48-27-15-7-16-28-48/h3-19,21-31,34,36-39,41-42,49,65H,20,32-33,35,40H2,1-2H3,(H,67,68,69)/q-1. The van der Waals surface area contributed by atoms with Crippen molar-refractivity contribution < 1.29 is 4.42 Å². The van der Waals surface area contributed by atoms with Gasteiger partial charge in [0, 0.05) is 39.4 Å². The second-order valence-electron chi connectivity index (χ2n) is 19.6. The highest BCUT2D eigenvalue weighted by molar-refractivity contribution is 6.21. The van der Waals surface area contributed by atoms with Crippen molar-refractivity contribution >= 4 is 61.2 Å². The number of allylic oxidation sites excluding steroid dienone is 8. The van der Waals surface area contributed by atoms with Crippen LogP contribution in [0.3, 0.4) is 0 Å². The van der Waals surface area contributed by atoms with E-state index in [4.69, 9.17) is 19.7 Å². The smallest absolute Gasteiger partial charge is 0.159 e. The molecule has 1 N–H and O–H groups in total. The van der Waals surface area contributed by atoms with Crippen molar-refractivity contribution in [3.05, 3.63) is 256 Å². The Morgan fingerprint density at radius 3 is 2.18 bits per heavy atom. The molecular weight excluding hydrogens is 867 g/mol. The van der Waals surface area contributed by atoms with Crippen LogP contribution in [0.1, 0.15) is 73.5 Å². The molecule has 0 saturated heterocycles. The summed E-state index contributed by atoms with van der Waals surface area (Å²) in [6.07, 6.45) is 19.3. The Morgan fingerprint density at radius 2 is 1.39 bits per heavy atom.